The van der Waals surface area contributed by atoms with Crippen molar-refractivity contribution in [1.82, 2.24) is 0 Å². The summed E-state index contributed by atoms with van der Waals surface area (Å²) >= 11 is 2.02. The van der Waals surface area contributed by atoms with Gasteiger partial charge in [-0.3, -0.25) is 0 Å². The fraction of sp³-hybridized carbons (Fsp3) is 0.250. The molecule has 0 spiro atoms. The molecule has 0 bridgehead atoms. The smallest absolute Gasteiger partial charge is 0.0189 e. The molecule has 0 N–H and O–H groups in total. The average Bonchev–Trinajstić information content (AvgIpc) is 2.67. The van der Waals surface area contributed by atoms with E-state index in [9.17, 15) is 0 Å². The van der Waals surface area contributed by atoms with Gasteiger partial charge < -0.3 is 0 Å². The summed E-state index contributed by atoms with van der Waals surface area (Å²) in [6, 6.07) is 17.4. The minimum atomic E-state index is 0.665. The van der Waals surface area contributed by atoms with Crippen LogP contribution in [-0.4, -0.2) is 5.25 Å². The molecule has 2 atom stereocenters. The molecule has 0 fully saturated rings. The second-order valence-electron chi connectivity index (χ2n) is 4.70. The second kappa shape index (κ2) is 4.23. The van der Waals surface area contributed by atoms with Crippen molar-refractivity contribution in [3.63, 3.8) is 0 Å². The zero-order valence-electron chi connectivity index (χ0n) is 10.2. The largest absolute Gasteiger partial charge is 0.121 e. The van der Waals surface area contributed by atoms with Crippen molar-refractivity contribution in [3.05, 3.63) is 54.1 Å². The minimum Gasteiger partial charge on any atom is -0.121 e. The Kier molecular flexibility index (Phi) is 2.71. The van der Waals surface area contributed by atoms with Gasteiger partial charge in [0.05, 0.1) is 0 Å². The Labute approximate surface area is 107 Å². The van der Waals surface area contributed by atoms with Crippen molar-refractivity contribution in [2.45, 2.75) is 29.9 Å². The molecule has 1 heterocycles. The average molecular weight is 240 g/mol. The number of fused-ring (bicyclic) bond motifs is 1. The SMILES string of the molecule is CC1Sc2c(-c3ccccc3)cccc2C1C. The number of thioether (sulfide) groups is 1. The zero-order valence-corrected chi connectivity index (χ0v) is 11.0. The molecular formula is C16H16S. The maximum absolute atomic E-state index is 2.33. The first-order valence-electron chi connectivity index (χ1n) is 6.12. The molecule has 17 heavy (non-hydrogen) atoms. The van der Waals surface area contributed by atoms with Gasteiger partial charge in [-0.1, -0.05) is 62.4 Å². The van der Waals surface area contributed by atoms with Gasteiger partial charge in [0.2, 0.25) is 0 Å². The molecule has 86 valence electrons. The molecule has 2 aromatic carbocycles. The molecule has 0 nitrogen and oxygen atoms in total. The lowest BCUT2D eigenvalue weighted by Gasteiger charge is -2.09. The zero-order chi connectivity index (χ0) is 11.8. The number of hydrogen-bond donors (Lipinski definition) is 0. The van der Waals surface area contributed by atoms with Crippen LogP contribution < -0.4 is 0 Å². The van der Waals surface area contributed by atoms with E-state index < -0.39 is 0 Å². The van der Waals surface area contributed by atoms with Crippen LogP contribution >= 0.6 is 11.8 Å². The van der Waals surface area contributed by atoms with E-state index in [4.69, 9.17) is 0 Å². The predicted molar refractivity (Wildman–Crippen MR) is 75.6 cm³/mol. The molecule has 1 heteroatoms. The van der Waals surface area contributed by atoms with Crippen LogP contribution in [0.1, 0.15) is 25.3 Å². The Balaban J connectivity index is 2.16. The van der Waals surface area contributed by atoms with Crippen LogP contribution in [0.25, 0.3) is 11.1 Å². The maximum Gasteiger partial charge on any atom is 0.0189 e. The number of hydrogen-bond acceptors (Lipinski definition) is 1. The topological polar surface area (TPSA) is 0 Å². The van der Waals surface area contributed by atoms with Gasteiger partial charge in [-0.2, -0.15) is 0 Å². The highest BCUT2D eigenvalue weighted by Crippen LogP contribution is 2.49. The Hall–Kier alpha value is -1.21. The highest BCUT2D eigenvalue weighted by molar-refractivity contribution is 8.00. The van der Waals surface area contributed by atoms with E-state index >= 15 is 0 Å². The van der Waals surface area contributed by atoms with Crippen molar-refractivity contribution in [3.8, 4) is 11.1 Å². The van der Waals surface area contributed by atoms with Gasteiger partial charge in [0.25, 0.3) is 0 Å². The summed E-state index contributed by atoms with van der Waals surface area (Å²) in [4.78, 5) is 1.48. The van der Waals surface area contributed by atoms with E-state index in [0.29, 0.717) is 11.2 Å². The summed E-state index contributed by atoms with van der Waals surface area (Å²) < 4.78 is 0. The van der Waals surface area contributed by atoms with Crippen LogP contribution in [0, 0.1) is 0 Å². The van der Waals surface area contributed by atoms with Crippen molar-refractivity contribution in [2.75, 3.05) is 0 Å². The molecule has 0 aliphatic carbocycles. The van der Waals surface area contributed by atoms with Crippen molar-refractivity contribution in [1.29, 1.82) is 0 Å². The highest BCUT2D eigenvalue weighted by atomic mass is 32.2. The first-order valence-corrected chi connectivity index (χ1v) is 7.00. The Morgan fingerprint density at radius 1 is 0.882 bits per heavy atom. The lowest BCUT2D eigenvalue weighted by Crippen LogP contribution is -1.99. The summed E-state index contributed by atoms with van der Waals surface area (Å²) in [5, 5.41) is 0.690. The van der Waals surface area contributed by atoms with Gasteiger partial charge in [-0.05, 0) is 22.6 Å². The van der Waals surface area contributed by atoms with Gasteiger partial charge >= 0.3 is 0 Å². The fourth-order valence-corrected chi connectivity index (χ4v) is 3.86. The number of rotatable bonds is 1. The van der Waals surface area contributed by atoms with E-state index in [1.165, 1.54) is 21.6 Å². The maximum atomic E-state index is 2.33. The Bertz CT molecular complexity index is 530. The lowest BCUT2D eigenvalue weighted by atomic mass is 9.95. The first kappa shape index (κ1) is 10.9. The van der Waals surface area contributed by atoms with Crippen LogP contribution in [0.3, 0.4) is 0 Å². The summed E-state index contributed by atoms with van der Waals surface area (Å²) in [5.74, 6) is 0.665. The van der Waals surface area contributed by atoms with Crippen molar-refractivity contribution < 1.29 is 0 Å². The fourth-order valence-electron chi connectivity index (χ4n) is 2.43. The van der Waals surface area contributed by atoms with Gasteiger partial charge in [0.1, 0.15) is 0 Å². The standard InChI is InChI=1S/C16H16S/c1-11-12(2)17-16-14(11)9-6-10-15(16)13-7-4-3-5-8-13/h3-12H,1-2H3. The van der Waals surface area contributed by atoms with E-state index in [0.717, 1.165) is 0 Å². The van der Waals surface area contributed by atoms with E-state index in [1.807, 2.05) is 11.8 Å². The van der Waals surface area contributed by atoms with Gasteiger partial charge in [0.15, 0.2) is 0 Å². The molecule has 0 aromatic heterocycles. The lowest BCUT2D eigenvalue weighted by molar-refractivity contribution is 0.762. The van der Waals surface area contributed by atoms with Crippen LogP contribution in [-0.2, 0) is 0 Å². The third-order valence-corrected chi connectivity index (χ3v) is 5.10. The summed E-state index contributed by atoms with van der Waals surface area (Å²) in [5.41, 5.74) is 4.24. The molecule has 1 aliphatic heterocycles. The molecule has 1 aliphatic rings. The third-order valence-electron chi connectivity index (χ3n) is 3.63. The van der Waals surface area contributed by atoms with Crippen LogP contribution in [0.5, 0.6) is 0 Å². The molecule has 2 aromatic rings. The molecule has 0 amide bonds. The summed E-state index contributed by atoms with van der Waals surface area (Å²) in [6.45, 7) is 4.66. The van der Waals surface area contributed by atoms with Crippen molar-refractivity contribution in [2.24, 2.45) is 0 Å². The molecule has 2 unspecified atom stereocenters. The molecule has 0 saturated heterocycles. The minimum absolute atomic E-state index is 0.665. The Morgan fingerprint density at radius 3 is 2.41 bits per heavy atom. The molecular weight excluding hydrogens is 224 g/mol. The van der Waals surface area contributed by atoms with E-state index in [-0.39, 0.29) is 0 Å². The normalized spacial score (nSPS) is 22.5. The van der Waals surface area contributed by atoms with Gasteiger partial charge in [0, 0.05) is 10.1 Å². The van der Waals surface area contributed by atoms with Crippen LogP contribution in [0.4, 0.5) is 0 Å². The molecule has 0 saturated carbocycles. The van der Waals surface area contributed by atoms with Crippen LogP contribution in [0.2, 0.25) is 0 Å². The third kappa shape index (κ3) is 1.79. The highest BCUT2D eigenvalue weighted by Gasteiger charge is 2.28. The number of benzene rings is 2. The van der Waals surface area contributed by atoms with E-state index in [2.05, 4.69) is 62.4 Å². The predicted octanol–water partition coefficient (Wildman–Crippen LogP) is 4.95. The van der Waals surface area contributed by atoms with Crippen molar-refractivity contribution >= 4 is 11.8 Å². The van der Waals surface area contributed by atoms with Gasteiger partial charge in [-0.15, -0.1) is 11.8 Å². The first-order chi connectivity index (χ1) is 8.27. The Morgan fingerprint density at radius 2 is 1.65 bits per heavy atom. The molecule has 3 rings (SSSR count). The second-order valence-corrected chi connectivity index (χ2v) is 6.09. The van der Waals surface area contributed by atoms with Crippen LogP contribution in [0.15, 0.2) is 53.4 Å². The monoisotopic (exact) mass is 240 g/mol. The summed E-state index contributed by atoms with van der Waals surface area (Å²) in [6.07, 6.45) is 0. The molecule has 0 radical (unpaired) electrons. The van der Waals surface area contributed by atoms with E-state index in [1.54, 1.807) is 0 Å². The quantitative estimate of drug-likeness (QED) is 0.679. The summed E-state index contributed by atoms with van der Waals surface area (Å²) in [7, 11) is 0. The van der Waals surface area contributed by atoms with Gasteiger partial charge in [-0.25, -0.2) is 0 Å².